The highest BCUT2D eigenvalue weighted by Crippen LogP contribution is 2.39. The van der Waals surface area contributed by atoms with E-state index >= 15 is 0 Å². The van der Waals surface area contributed by atoms with Gasteiger partial charge in [0.05, 0.1) is 0 Å². The molecule has 0 amide bonds. The van der Waals surface area contributed by atoms with E-state index in [-0.39, 0.29) is 0 Å². The van der Waals surface area contributed by atoms with Crippen LogP contribution in [0.5, 0.6) is 0 Å². The summed E-state index contributed by atoms with van der Waals surface area (Å²) in [7, 11) is -2.58. The highest BCUT2D eigenvalue weighted by atomic mass is 28.4. The second kappa shape index (κ2) is 5.98. The maximum atomic E-state index is 6.27. The van der Waals surface area contributed by atoms with Crippen molar-refractivity contribution >= 4 is 25.0 Å². The molecule has 0 aliphatic heterocycles. The summed E-state index contributed by atoms with van der Waals surface area (Å²) in [5.41, 5.74) is 2.55. The van der Waals surface area contributed by atoms with E-state index in [0.717, 1.165) is 0 Å². The first-order chi connectivity index (χ1) is 10.3. The Morgan fingerprint density at radius 2 is 1.43 bits per heavy atom. The number of rotatable bonds is 6. The van der Waals surface area contributed by atoms with Gasteiger partial charge in [0.15, 0.2) is 0 Å². The van der Waals surface area contributed by atoms with Gasteiger partial charge in [-0.05, 0) is 36.2 Å². The molecule has 0 radical (unpaired) electrons. The zero-order valence-electron chi connectivity index (χ0n) is 12.5. The SMILES string of the molecule is CCO[Si](OCC)(C1=Cc2ccccc21)c1ccccc1. The third-order valence-corrected chi connectivity index (χ3v) is 7.36. The lowest BCUT2D eigenvalue weighted by Crippen LogP contribution is -2.56. The van der Waals surface area contributed by atoms with Crippen LogP contribution in [0.2, 0.25) is 0 Å². The first-order valence-electron chi connectivity index (χ1n) is 7.47. The van der Waals surface area contributed by atoms with Crippen molar-refractivity contribution in [1.82, 2.24) is 0 Å². The minimum atomic E-state index is -2.58. The molecule has 0 heterocycles. The molecule has 0 saturated carbocycles. The van der Waals surface area contributed by atoms with Crippen LogP contribution in [0.3, 0.4) is 0 Å². The number of hydrogen-bond acceptors (Lipinski definition) is 2. The average molecular weight is 296 g/mol. The van der Waals surface area contributed by atoms with Gasteiger partial charge in [-0.1, -0.05) is 54.6 Å². The molecule has 0 spiro atoms. The van der Waals surface area contributed by atoms with Crippen molar-refractivity contribution in [2.45, 2.75) is 13.8 Å². The number of benzene rings is 2. The number of hydrogen-bond donors (Lipinski definition) is 0. The van der Waals surface area contributed by atoms with E-state index in [4.69, 9.17) is 8.85 Å². The summed E-state index contributed by atoms with van der Waals surface area (Å²) in [6.45, 7) is 5.38. The van der Waals surface area contributed by atoms with E-state index in [1.807, 2.05) is 19.9 Å². The van der Waals surface area contributed by atoms with Gasteiger partial charge >= 0.3 is 8.56 Å². The molecule has 0 saturated heterocycles. The van der Waals surface area contributed by atoms with Crippen LogP contribution in [0, 0.1) is 0 Å². The zero-order valence-corrected chi connectivity index (χ0v) is 13.5. The van der Waals surface area contributed by atoms with Gasteiger partial charge in [0.2, 0.25) is 0 Å². The molecule has 2 nitrogen and oxygen atoms in total. The van der Waals surface area contributed by atoms with Crippen molar-refractivity contribution in [3.05, 3.63) is 65.7 Å². The van der Waals surface area contributed by atoms with Crippen molar-refractivity contribution in [2.24, 2.45) is 0 Å². The predicted molar refractivity (Wildman–Crippen MR) is 89.4 cm³/mol. The van der Waals surface area contributed by atoms with E-state index < -0.39 is 8.56 Å². The molecule has 0 N–H and O–H groups in total. The summed E-state index contributed by atoms with van der Waals surface area (Å²) < 4.78 is 12.5. The lowest BCUT2D eigenvalue weighted by molar-refractivity contribution is 0.209. The summed E-state index contributed by atoms with van der Waals surface area (Å²) in [6.07, 6.45) is 2.22. The van der Waals surface area contributed by atoms with Gasteiger partial charge in [0.1, 0.15) is 0 Å². The molecule has 0 aromatic heterocycles. The van der Waals surface area contributed by atoms with Crippen molar-refractivity contribution in [3.8, 4) is 0 Å². The van der Waals surface area contributed by atoms with Crippen molar-refractivity contribution in [1.29, 1.82) is 0 Å². The molecule has 1 aliphatic carbocycles. The molecule has 0 fully saturated rings. The van der Waals surface area contributed by atoms with Crippen molar-refractivity contribution < 1.29 is 8.85 Å². The highest BCUT2D eigenvalue weighted by molar-refractivity contribution is 6.98. The Morgan fingerprint density at radius 1 is 0.810 bits per heavy atom. The van der Waals surface area contributed by atoms with E-state index in [1.165, 1.54) is 21.5 Å². The predicted octanol–water partition coefficient (Wildman–Crippen LogP) is 3.50. The van der Waals surface area contributed by atoms with Crippen LogP contribution in [0.15, 0.2) is 54.6 Å². The van der Waals surface area contributed by atoms with Crippen LogP contribution in [0.1, 0.15) is 25.0 Å². The van der Waals surface area contributed by atoms with Crippen LogP contribution in [-0.2, 0) is 8.85 Å². The molecule has 3 rings (SSSR count). The van der Waals surface area contributed by atoms with Crippen LogP contribution in [-0.4, -0.2) is 21.8 Å². The summed E-state index contributed by atoms with van der Waals surface area (Å²) in [6, 6.07) is 18.8. The van der Waals surface area contributed by atoms with Gasteiger partial charge in [0.25, 0.3) is 0 Å². The van der Waals surface area contributed by atoms with Crippen LogP contribution in [0.4, 0.5) is 0 Å². The average Bonchev–Trinajstić information content (AvgIpc) is 2.50. The topological polar surface area (TPSA) is 18.5 Å². The second-order valence-electron chi connectivity index (χ2n) is 4.99. The normalized spacial score (nSPS) is 13.3. The maximum absolute atomic E-state index is 6.27. The Labute approximate surface area is 127 Å². The lowest BCUT2D eigenvalue weighted by atomic mass is 9.98. The first-order valence-corrected chi connectivity index (χ1v) is 9.28. The summed E-state index contributed by atoms with van der Waals surface area (Å²) >= 11 is 0. The summed E-state index contributed by atoms with van der Waals surface area (Å²) in [5, 5.41) is 2.42. The molecule has 21 heavy (non-hydrogen) atoms. The largest absolute Gasteiger partial charge is 0.407 e. The molecule has 1 aliphatic rings. The number of fused-ring (bicyclic) bond motifs is 1. The Bertz CT molecular complexity index is 643. The molecular formula is C18H20O2Si. The van der Waals surface area contributed by atoms with Crippen LogP contribution in [0.25, 0.3) is 11.3 Å². The molecule has 108 valence electrons. The van der Waals surface area contributed by atoms with Crippen molar-refractivity contribution in [3.63, 3.8) is 0 Å². The van der Waals surface area contributed by atoms with E-state index in [0.29, 0.717) is 13.2 Å². The van der Waals surface area contributed by atoms with Crippen molar-refractivity contribution in [2.75, 3.05) is 13.2 Å². The van der Waals surface area contributed by atoms with Gasteiger partial charge in [-0.15, -0.1) is 0 Å². The van der Waals surface area contributed by atoms with Crippen LogP contribution < -0.4 is 5.19 Å². The maximum Gasteiger partial charge on any atom is 0.407 e. The van der Waals surface area contributed by atoms with E-state index in [2.05, 4.69) is 54.6 Å². The van der Waals surface area contributed by atoms with Gasteiger partial charge in [0, 0.05) is 18.4 Å². The summed E-state index contributed by atoms with van der Waals surface area (Å²) in [5.74, 6) is 0. The molecule has 3 heteroatoms. The fourth-order valence-corrected chi connectivity index (χ4v) is 6.29. The van der Waals surface area contributed by atoms with E-state index in [1.54, 1.807) is 0 Å². The Hall–Kier alpha value is -1.68. The van der Waals surface area contributed by atoms with Gasteiger partial charge in [-0.2, -0.15) is 0 Å². The molecule has 2 aromatic rings. The third kappa shape index (κ3) is 2.37. The minimum absolute atomic E-state index is 0.653. The monoisotopic (exact) mass is 296 g/mol. The molecule has 0 unspecified atom stereocenters. The molecule has 2 aromatic carbocycles. The molecule has 0 atom stereocenters. The lowest BCUT2D eigenvalue weighted by Gasteiger charge is -2.36. The molecule has 0 bridgehead atoms. The highest BCUT2D eigenvalue weighted by Gasteiger charge is 2.47. The second-order valence-corrected chi connectivity index (χ2v) is 7.92. The summed E-state index contributed by atoms with van der Waals surface area (Å²) in [4.78, 5) is 0. The fourth-order valence-electron chi connectivity index (χ4n) is 2.88. The van der Waals surface area contributed by atoms with E-state index in [9.17, 15) is 0 Å². The smallest absolute Gasteiger partial charge is 0.388 e. The van der Waals surface area contributed by atoms with Gasteiger partial charge < -0.3 is 8.85 Å². The minimum Gasteiger partial charge on any atom is -0.388 e. The quantitative estimate of drug-likeness (QED) is 0.760. The first kappa shape index (κ1) is 14.3. The third-order valence-electron chi connectivity index (χ3n) is 3.75. The Morgan fingerprint density at radius 3 is 2.05 bits per heavy atom. The Balaban J connectivity index is 2.09. The molecular weight excluding hydrogens is 276 g/mol. The fraction of sp³-hybridized carbons (Fsp3) is 0.222. The van der Waals surface area contributed by atoms with Crippen LogP contribution >= 0.6 is 0 Å². The Kier molecular flexibility index (Phi) is 4.06. The van der Waals surface area contributed by atoms with Gasteiger partial charge in [-0.25, -0.2) is 0 Å². The van der Waals surface area contributed by atoms with Gasteiger partial charge in [-0.3, -0.25) is 0 Å². The standard InChI is InChI=1S/C18H20O2Si/c1-3-19-21(20-4-2,16-11-6-5-7-12-16)18-14-15-10-8-9-13-17(15)18/h5-14H,3-4H2,1-2H3. The zero-order chi connectivity index (χ0) is 14.7.